The molecule has 2 saturated carbocycles. The van der Waals surface area contributed by atoms with Crippen molar-refractivity contribution >= 4 is 10.8 Å². The highest BCUT2D eigenvalue weighted by molar-refractivity contribution is 5.82. The van der Waals surface area contributed by atoms with Crippen molar-refractivity contribution in [3.8, 4) is 0 Å². The maximum atomic E-state index is 11.8. The van der Waals surface area contributed by atoms with E-state index in [1.807, 2.05) is 12.4 Å². The van der Waals surface area contributed by atoms with Gasteiger partial charge in [0.15, 0.2) is 0 Å². The van der Waals surface area contributed by atoms with E-state index in [-0.39, 0.29) is 23.1 Å². The molecule has 8 rings (SSSR count). The topological polar surface area (TPSA) is 71.6 Å². The van der Waals surface area contributed by atoms with Crippen LogP contribution in [0.2, 0.25) is 0 Å². The molecule has 3 aliphatic heterocycles. The first kappa shape index (κ1) is 22.0. The summed E-state index contributed by atoms with van der Waals surface area (Å²) in [7, 11) is 0. The number of aliphatic hydroxyl groups excluding tert-OH is 1. The Hall–Kier alpha value is -2.05. The van der Waals surface area contributed by atoms with Gasteiger partial charge in [0.25, 0.3) is 0 Å². The quantitative estimate of drug-likeness (QED) is 0.660. The van der Waals surface area contributed by atoms with Crippen LogP contribution >= 0.6 is 0 Å². The van der Waals surface area contributed by atoms with Crippen LogP contribution in [0.25, 0.3) is 10.8 Å². The summed E-state index contributed by atoms with van der Waals surface area (Å²) < 4.78 is 7.35. The van der Waals surface area contributed by atoms with Crippen LogP contribution in [0.15, 0.2) is 60.0 Å². The number of nitrogens with zero attached hydrogens (tertiary/aromatic N) is 2. The van der Waals surface area contributed by atoms with E-state index in [1.54, 1.807) is 0 Å². The number of benzene rings is 1. The maximum absolute atomic E-state index is 11.8. The number of rotatable bonds is 2. The number of allylic oxidation sites excluding steroid dienone is 1. The maximum Gasteiger partial charge on any atom is 0.118 e. The number of fused-ring (bicyclic) bond motifs is 2. The molecule has 0 radical (unpaired) electrons. The molecule has 2 spiro atoms. The molecule has 4 heterocycles. The molecule has 5 nitrogen and oxygen atoms in total. The summed E-state index contributed by atoms with van der Waals surface area (Å²) in [5.74, 6) is 0.984. The molecular formula is C31H37N3O2. The van der Waals surface area contributed by atoms with Gasteiger partial charge in [-0.1, -0.05) is 31.2 Å². The Bertz CT molecular complexity index is 1310. The molecule has 6 aliphatic rings. The van der Waals surface area contributed by atoms with Crippen LogP contribution in [-0.2, 0) is 4.74 Å². The molecule has 1 aromatic heterocycles. The van der Waals surface area contributed by atoms with Crippen molar-refractivity contribution in [1.82, 2.24) is 9.88 Å². The SMILES string of the molecule is C[C@]12CC=C3C=C4CC[C@@H](N5CC(N)C5)[C@H](O)[C@]45CCC3(O5)[C@@H]1CCC2c1ccc2ccncc2c1. The van der Waals surface area contributed by atoms with E-state index in [0.29, 0.717) is 11.8 Å². The second kappa shape index (κ2) is 7.28. The van der Waals surface area contributed by atoms with Gasteiger partial charge in [0, 0.05) is 43.0 Å². The van der Waals surface area contributed by atoms with E-state index in [1.165, 1.54) is 40.3 Å². The molecule has 36 heavy (non-hydrogen) atoms. The van der Waals surface area contributed by atoms with Crippen LogP contribution in [0.5, 0.6) is 0 Å². The molecule has 2 aromatic rings. The Labute approximate surface area is 213 Å². The second-order valence-electron chi connectivity index (χ2n) is 12.8. The van der Waals surface area contributed by atoms with Crippen molar-refractivity contribution in [2.24, 2.45) is 17.1 Å². The minimum absolute atomic E-state index is 0.152. The number of nitrogens with two attached hydrogens (primary N) is 1. The molecule has 4 fully saturated rings. The number of hydrogen-bond acceptors (Lipinski definition) is 5. The Kier molecular flexibility index (Phi) is 4.45. The van der Waals surface area contributed by atoms with Gasteiger partial charge in [-0.2, -0.15) is 0 Å². The fraction of sp³-hybridized carbons (Fsp3) is 0.581. The lowest BCUT2D eigenvalue weighted by molar-refractivity contribution is -0.189. The van der Waals surface area contributed by atoms with Crippen LogP contribution < -0.4 is 5.73 Å². The first-order chi connectivity index (χ1) is 17.4. The average molecular weight is 484 g/mol. The molecule has 7 atom stereocenters. The van der Waals surface area contributed by atoms with E-state index in [0.717, 1.165) is 45.2 Å². The van der Waals surface area contributed by atoms with Gasteiger partial charge >= 0.3 is 0 Å². The Balaban J connectivity index is 1.16. The largest absolute Gasteiger partial charge is 0.388 e. The minimum atomic E-state index is -0.509. The Morgan fingerprint density at radius 3 is 2.81 bits per heavy atom. The first-order valence-corrected chi connectivity index (χ1v) is 14.1. The summed E-state index contributed by atoms with van der Waals surface area (Å²) in [5, 5.41) is 14.3. The van der Waals surface area contributed by atoms with Gasteiger partial charge in [-0.3, -0.25) is 9.88 Å². The normalized spacial score (nSPS) is 43.9. The van der Waals surface area contributed by atoms with Crippen molar-refractivity contribution in [1.29, 1.82) is 0 Å². The standard InChI is InChI=1S/C31H37N3O2/c1-29-10-8-23-15-22-4-6-26(34-17-24(32)18-34)28(35)31(22)12-11-30(23,36-31)27(29)7-5-25(29)20-3-2-19-9-13-33-16-21(19)14-20/h2-3,8-9,13-16,24-28,35H,4-7,10-12,17-18,32H2,1H3/t25?,26-,27-,28+,29-,30?,31+/m1/s1. The van der Waals surface area contributed by atoms with Crippen molar-refractivity contribution in [3.05, 3.63) is 65.5 Å². The first-order valence-electron chi connectivity index (χ1n) is 14.1. The molecule has 3 aliphatic carbocycles. The minimum Gasteiger partial charge on any atom is -0.388 e. The molecule has 3 N–H and O–H groups in total. The van der Waals surface area contributed by atoms with E-state index < -0.39 is 11.7 Å². The van der Waals surface area contributed by atoms with Gasteiger partial charge in [-0.15, -0.1) is 0 Å². The molecule has 0 amide bonds. The summed E-state index contributed by atoms with van der Waals surface area (Å²) in [6.07, 6.45) is 15.8. The molecular weight excluding hydrogens is 446 g/mol. The number of likely N-dealkylation sites (tertiary alicyclic amines) is 1. The van der Waals surface area contributed by atoms with E-state index >= 15 is 0 Å². The van der Waals surface area contributed by atoms with Crippen molar-refractivity contribution in [2.75, 3.05) is 13.1 Å². The van der Waals surface area contributed by atoms with E-state index in [2.05, 4.69) is 53.2 Å². The molecule has 2 unspecified atom stereocenters. The Morgan fingerprint density at radius 2 is 1.94 bits per heavy atom. The monoisotopic (exact) mass is 483 g/mol. The third-order valence-electron chi connectivity index (χ3n) is 11.3. The molecule has 2 bridgehead atoms. The van der Waals surface area contributed by atoms with Crippen LogP contribution in [-0.4, -0.2) is 57.5 Å². The number of hydrogen-bond donors (Lipinski definition) is 2. The second-order valence-corrected chi connectivity index (χ2v) is 12.8. The summed E-state index contributed by atoms with van der Waals surface area (Å²) in [4.78, 5) is 6.77. The number of aliphatic hydroxyl groups is 1. The number of ether oxygens (including phenoxy) is 1. The number of pyridine rings is 1. The zero-order chi connectivity index (χ0) is 24.3. The molecule has 1 aromatic carbocycles. The van der Waals surface area contributed by atoms with E-state index in [4.69, 9.17) is 10.5 Å². The zero-order valence-corrected chi connectivity index (χ0v) is 21.2. The van der Waals surface area contributed by atoms with Gasteiger partial charge in [0.05, 0.1) is 5.60 Å². The summed E-state index contributed by atoms with van der Waals surface area (Å²) >= 11 is 0. The average Bonchev–Trinajstić information content (AvgIpc) is 3.39. The summed E-state index contributed by atoms with van der Waals surface area (Å²) in [6.45, 7) is 4.31. The third kappa shape index (κ3) is 2.68. The van der Waals surface area contributed by atoms with Crippen molar-refractivity contribution in [3.63, 3.8) is 0 Å². The fourth-order valence-electron chi connectivity index (χ4n) is 9.48. The lowest BCUT2D eigenvalue weighted by atomic mass is 9.58. The van der Waals surface area contributed by atoms with Crippen molar-refractivity contribution < 1.29 is 9.84 Å². The van der Waals surface area contributed by atoms with Gasteiger partial charge < -0.3 is 15.6 Å². The summed E-state index contributed by atoms with van der Waals surface area (Å²) in [5.41, 5.74) is 9.69. The van der Waals surface area contributed by atoms with Crippen LogP contribution in [0.4, 0.5) is 0 Å². The highest BCUT2D eigenvalue weighted by atomic mass is 16.5. The highest BCUT2D eigenvalue weighted by Gasteiger charge is 2.69. The molecule has 188 valence electrons. The predicted molar refractivity (Wildman–Crippen MR) is 140 cm³/mol. The fourth-order valence-corrected chi connectivity index (χ4v) is 9.48. The Morgan fingerprint density at radius 1 is 1.08 bits per heavy atom. The lowest BCUT2D eigenvalue weighted by Crippen LogP contribution is -2.68. The molecule has 5 heteroatoms. The van der Waals surface area contributed by atoms with Crippen LogP contribution in [0.3, 0.4) is 0 Å². The smallest absolute Gasteiger partial charge is 0.118 e. The van der Waals surface area contributed by atoms with E-state index in [9.17, 15) is 5.11 Å². The lowest BCUT2D eigenvalue weighted by Gasteiger charge is -2.57. The zero-order valence-electron chi connectivity index (χ0n) is 21.2. The van der Waals surface area contributed by atoms with Gasteiger partial charge in [-0.25, -0.2) is 0 Å². The predicted octanol–water partition coefficient (Wildman–Crippen LogP) is 4.46. The van der Waals surface area contributed by atoms with Crippen molar-refractivity contribution in [2.45, 2.75) is 87.2 Å². The molecule has 2 saturated heterocycles. The highest BCUT2D eigenvalue weighted by Crippen LogP contribution is 2.69. The van der Waals surface area contributed by atoms with Gasteiger partial charge in [0.2, 0.25) is 0 Å². The van der Waals surface area contributed by atoms with Crippen LogP contribution in [0.1, 0.15) is 63.4 Å². The van der Waals surface area contributed by atoms with Gasteiger partial charge in [-0.05, 0) is 96.4 Å². The van der Waals surface area contributed by atoms with Crippen LogP contribution in [0, 0.1) is 11.3 Å². The third-order valence-corrected chi connectivity index (χ3v) is 11.3. The number of aromatic nitrogens is 1. The van der Waals surface area contributed by atoms with Gasteiger partial charge in [0.1, 0.15) is 11.7 Å². The summed E-state index contributed by atoms with van der Waals surface area (Å²) in [6, 6.07) is 9.51.